The fourth-order valence-electron chi connectivity index (χ4n) is 4.57. The van der Waals surface area contributed by atoms with Crippen molar-refractivity contribution >= 4 is 23.4 Å². The van der Waals surface area contributed by atoms with Crippen molar-refractivity contribution < 1.29 is 28.1 Å². The van der Waals surface area contributed by atoms with E-state index in [1.54, 1.807) is 27.2 Å². The lowest BCUT2D eigenvalue weighted by Crippen LogP contribution is -2.25. The Labute approximate surface area is 265 Å². The van der Waals surface area contributed by atoms with Gasteiger partial charge in [-0.2, -0.15) is 9.97 Å². The number of pyridine rings is 2. The minimum absolute atomic E-state index is 0.147. The van der Waals surface area contributed by atoms with Gasteiger partial charge in [-0.1, -0.05) is 24.3 Å². The number of hydrogen-bond donors (Lipinski definition) is 1. The van der Waals surface area contributed by atoms with E-state index in [2.05, 4.69) is 25.3 Å². The zero-order valence-electron chi connectivity index (χ0n) is 25.9. The van der Waals surface area contributed by atoms with E-state index >= 15 is 0 Å². The molecule has 0 amide bonds. The average Bonchev–Trinajstić information content (AvgIpc) is 3.08. The third-order valence-electron chi connectivity index (χ3n) is 6.90. The highest BCUT2D eigenvalue weighted by Gasteiger charge is 2.20. The third-order valence-corrected chi connectivity index (χ3v) is 6.90. The van der Waals surface area contributed by atoms with Crippen LogP contribution in [-0.2, 0) is 17.8 Å². The minimum atomic E-state index is -0.661. The lowest BCUT2D eigenvalue weighted by Gasteiger charge is -2.24. The van der Waals surface area contributed by atoms with Crippen LogP contribution in [-0.4, -0.2) is 59.3 Å². The molecule has 0 fully saturated rings. The second-order valence-electron chi connectivity index (χ2n) is 10.0. The Bertz CT molecular complexity index is 1770. The van der Waals surface area contributed by atoms with Crippen molar-refractivity contribution in [2.24, 2.45) is 0 Å². The second-order valence-corrected chi connectivity index (χ2v) is 10.0. The van der Waals surface area contributed by atoms with E-state index in [-0.39, 0.29) is 23.1 Å². The van der Waals surface area contributed by atoms with E-state index in [1.807, 2.05) is 53.4 Å². The van der Waals surface area contributed by atoms with Crippen molar-refractivity contribution in [3.05, 3.63) is 101 Å². The summed E-state index contributed by atoms with van der Waals surface area (Å²) in [6, 6.07) is 18.3. The molecule has 236 valence electrons. The Kier molecular flexibility index (Phi) is 9.81. The summed E-state index contributed by atoms with van der Waals surface area (Å²) in [4.78, 5) is 37.0. The number of rotatable bonds is 12. The number of anilines is 3. The SMILES string of the molecule is COC(=O)c1cnc(Nc2cnc(OC)c(F)c2)c(-c2nc(C)nc(N(Cc3ccc(OC)cc3)Cc3ccc(OC)cc3)n2)c1. The summed E-state index contributed by atoms with van der Waals surface area (Å²) in [6.45, 7) is 2.67. The molecule has 0 radical (unpaired) electrons. The standard InChI is InChI=1S/C33H32FN7O5/c1-20-37-30(27-14-23(32(42)46-5)16-35-29(27)39-24-15-28(34)31(45-4)36-17-24)40-33(38-20)41(18-21-6-10-25(43-2)11-7-21)19-22-8-12-26(44-3)13-9-22/h6-17H,18-19H2,1-5H3,(H,35,39). The van der Waals surface area contributed by atoms with Gasteiger partial charge in [-0.3, -0.25) is 0 Å². The van der Waals surface area contributed by atoms with Gasteiger partial charge < -0.3 is 29.2 Å². The van der Waals surface area contributed by atoms with Gasteiger partial charge in [0.1, 0.15) is 23.1 Å². The van der Waals surface area contributed by atoms with E-state index in [9.17, 15) is 9.18 Å². The van der Waals surface area contributed by atoms with Gasteiger partial charge in [-0.25, -0.2) is 24.1 Å². The van der Waals surface area contributed by atoms with Crippen LogP contribution in [0.15, 0.2) is 73.1 Å². The first-order chi connectivity index (χ1) is 22.3. The number of aromatic nitrogens is 5. The van der Waals surface area contributed by atoms with Crippen LogP contribution in [0.1, 0.15) is 27.3 Å². The van der Waals surface area contributed by atoms with E-state index in [4.69, 9.17) is 23.9 Å². The highest BCUT2D eigenvalue weighted by atomic mass is 19.1. The molecule has 3 aromatic heterocycles. The van der Waals surface area contributed by atoms with E-state index < -0.39 is 11.8 Å². The van der Waals surface area contributed by atoms with E-state index in [0.717, 1.165) is 22.6 Å². The predicted molar refractivity (Wildman–Crippen MR) is 169 cm³/mol. The largest absolute Gasteiger partial charge is 0.497 e. The van der Waals surface area contributed by atoms with E-state index in [1.165, 1.54) is 32.7 Å². The molecule has 0 saturated heterocycles. The summed E-state index contributed by atoms with van der Waals surface area (Å²) < 4.78 is 35.0. The smallest absolute Gasteiger partial charge is 0.339 e. The quantitative estimate of drug-likeness (QED) is 0.175. The summed E-state index contributed by atoms with van der Waals surface area (Å²) in [5.41, 5.74) is 2.83. The summed E-state index contributed by atoms with van der Waals surface area (Å²) in [7, 11) is 5.85. The van der Waals surface area contributed by atoms with Crippen molar-refractivity contribution in [2.45, 2.75) is 20.0 Å². The van der Waals surface area contributed by atoms with Crippen LogP contribution in [0, 0.1) is 12.7 Å². The normalized spacial score (nSPS) is 10.7. The second kappa shape index (κ2) is 14.3. The molecule has 13 heteroatoms. The van der Waals surface area contributed by atoms with Crippen molar-refractivity contribution in [3.63, 3.8) is 0 Å². The molecule has 0 atom stereocenters. The molecule has 0 aliphatic rings. The van der Waals surface area contributed by atoms with Gasteiger partial charge in [0, 0.05) is 25.4 Å². The van der Waals surface area contributed by atoms with Crippen molar-refractivity contribution in [3.8, 4) is 28.8 Å². The van der Waals surface area contributed by atoms with Crippen LogP contribution in [0.2, 0.25) is 0 Å². The van der Waals surface area contributed by atoms with Gasteiger partial charge in [0.05, 0.1) is 51.5 Å². The average molecular weight is 626 g/mol. The molecule has 5 aromatic rings. The predicted octanol–water partition coefficient (Wildman–Crippen LogP) is 5.54. The fourth-order valence-corrected chi connectivity index (χ4v) is 4.57. The number of hydrogen-bond acceptors (Lipinski definition) is 12. The van der Waals surface area contributed by atoms with Crippen molar-refractivity contribution in [2.75, 3.05) is 38.7 Å². The third kappa shape index (κ3) is 7.44. The molecule has 46 heavy (non-hydrogen) atoms. The molecule has 0 spiro atoms. The number of halogens is 1. The van der Waals surface area contributed by atoms with Gasteiger partial charge in [0.2, 0.25) is 11.8 Å². The van der Waals surface area contributed by atoms with Crippen LogP contribution < -0.4 is 24.4 Å². The highest BCUT2D eigenvalue weighted by molar-refractivity contribution is 5.92. The molecular weight excluding hydrogens is 593 g/mol. The molecule has 0 bridgehead atoms. The Morgan fingerprint density at radius 2 is 1.43 bits per heavy atom. The number of nitrogens with zero attached hydrogens (tertiary/aromatic N) is 6. The van der Waals surface area contributed by atoms with E-state index in [0.29, 0.717) is 36.1 Å². The monoisotopic (exact) mass is 625 g/mol. The van der Waals surface area contributed by atoms with Gasteiger partial charge in [0.25, 0.3) is 0 Å². The molecule has 0 unspecified atom stereocenters. The van der Waals surface area contributed by atoms with Crippen LogP contribution in [0.25, 0.3) is 11.4 Å². The van der Waals surface area contributed by atoms with Crippen LogP contribution in [0.3, 0.4) is 0 Å². The maximum absolute atomic E-state index is 14.5. The maximum Gasteiger partial charge on any atom is 0.339 e. The number of nitrogens with one attached hydrogen (secondary N) is 1. The fraction of sp³-hybridized carbons (Fsp3) is 0.212. The summed E-state index contributed by atoms with van der Waals surface area (Å²) in [5.74, 6) is 1.40. The summed E-state index contributed by atoms with van der Waals surface area (Å²) >= 11 is 0. The number of carbonyl (C=O) groups excluding carboxylic acids is 1. The van der Waals surface area contributed by atoms with Gasteiger partial charge in [-0.05, 0) is 48.4 Å². The molecule has 0 saturated carbocycles. The number of methoxy groups -OCH3 is 4. The lowest BCUT2D eigenvalue weighted by atomic mass is 10.1. The Morgan fingerprint density at radius 1 is 0.804 bits per heavy atom. The molecular formula is C33H32FN7O5. The molecule has 2 aromatic carbocycles. The summed E-state index contributed by atoms with van der Waals surface area (Å²) in [6.07, 6.45) is 2.75. The minimum Gasteiger partial charge on any atom is -0.497 e. The molecule has 5 rings (SSSR count). The highest BCUT2D eigenvalue weighted by Crippen LogP contribution is 2.30. The van der Waals surface area contributed by atoms with Gasteiger partial charge in [0.15, 0.2) is 11.6 Å². The first-order valence-electron chi connectivity index (χ1n) is 14.1. The Hall–Kier alpha value is -5.85. The Balaban J connectivity index is 1.58. The Morgan fingerprint density at radius 3 is 1.98 bits per heavy atom. The number of ether oxygens (including phenoxy) is 4. The van der Waals surface area contributed by atoms with Crippen LogP contribution in [0.5, 0.6) is 17.4 Å². The number of carbonyl (C=O) groups is 1. The number of benzene rings is 2. The molecule has 0 aliphatic carbocycles. The molecule has 3 heterocycles. The first kappa shape index (κ1) is 31.6. The van der Waals surface area contributed by atoms with Crippen LogP contribution in [0.4, 0.5) is 21.8 Å². The van der Waals surface area contributed by atoms with Crippen molar-refractivity contribution in [1.82, 2.24) is 24.9 Å². The zero-order chi connectivity index (χ0) is 32.6. The van der Waals surface area contributed by atoms with Gasteiger partial charge in [-0.15, -0.1) is 0 Å². The van der Waals surface area contributed by atoms with Gasteiger partial charge >= 0.3 is 5.97 Å². The first-order valence-corrected chi connectivity index (χ1v) is 14.1. The molecule has 0 aliphatic heterocycles. The number of esters is 1. The van der Waals surface area contributed by atoms with Crippen molar-refractivity contribution in [1.29, 1.82) is 0 Å². The topological polar surface area (TPSA) is 134 Å². The zero-order valence-corrected chi connectivity index (χ0v) is 25.9. The summed E-state index contributed by atoms with van der Waals surface area (Å²) in [5, 5.41) is 3.06. The maximum atomic E-state index is 14.5. The molecule has 12 nitrogen and oxygen atoms in total. The lowest BCUT2D eigenvalue weighted by molar-refractivity contribution is 0.0600. The number of aryl methyl sites for hydroxylation is 1. The van der Waals surface area contributed by atoms with Crippen LogP contribution >= 0.6 is 0 Å². The molecule has 1 N–H and O–H groups in total.